The molecule has 2 heterocycles. The van der Waals surface area contributed by atoms with Gasteiger partial charge in [-0.1, -0.05) is 20.8 Å². The highest BCUT2D eigenvalue weighted by atomic mass is 16.7. The molecule has 1 amide bonds. The van der Waals surface area contributed by atoms with Gasteiger partial charge in [-0.15, -0.1) is 0 Å². The van der Waals surface area contributed by atoms with E-state index < -0.39 is 5.79 Å². The Kier molecular flexibility index (Phi) is 4.47. The molecule has 0 N–H and O–H groups in total. The first-order valence-electron chi connectivity index (χ1n) is 10.2. The molecule has 0 aromatic carbocycles. The maximum Gasteiger partial charge on any atom is 0.296 e. The Morgan fingerprint density at radius 1 is 1.25 bits per heavy atom. The first-order chi connectivity index (χ1) is 13.1. The number of aromatic nitrogens is 2. The van der Waals surface area contributed by atoms with E-state index >= 15 is 0 Å². The van der Waals surface area contributed by atoms with E-state index in [1.165, 1.54) is 0 Å². The van der Waals surface area contributed by atoms with Crippen molar-refractivity contribution in [3.63, 3.8) is 0 Å². The van der Waals surface area contributed by atoms with Crippen LogP contribution in [0, 0.1) is 11.3 Å². The lowest BCUT2D eigenvalue weighted by molar-refractivity contribution is -0.276. The van der Waals surface area contributed by atoms with Gasteiger partial charge in [-0.3, -0.25) is 9.48 Å². The molecule has 4 rings (SSSR count). The van der Waals surface area contributed by atoms with Crippen LogP contribution < -0.4 is 0 Å². The van der Waals surface area contributed by atoms with Gasteiger partial charge in [0, 0.05) is 44.0 Å². The smallest absolute Gasteiger partial charge is 0.296 e. The number of amides is 1. The maximum absolute atomic E-state index is 12.8. The lowest BCUT2D eigenvalue weighted by Gasteiger charge is -2.59. The number of hydrogen-bond acceptors (Lipinski definition) is 4. The molecule has 1 aliphatic heterocycles. The number of nitrogens with zero attached hydrogens (tertiary/aromatic N) is 4. The van der Waals surface area contributed by atoms with Crippen LogP contribution in [0.4, 0.5) is 0 Å². The number of carbonyl (C=O) groups is 1. The van der Waals surface area contributed by atoms with Crippen molar-refractivity contribution >= 4 is 12.2 Å². The van der Waals surface area contributed by atoms with Crippen LogP contribution in [0.1, 0.15) is 61.8 Å². The molecule has 0 radical (unpaired) electrons. The fraction of sp³-hybridized carbons (Fsp3) is 0.762. The third-order valence-electron chi connectivity index (χ3n) is 7.33. The van der Waals surface area contributed by atoms with Crippen LogP contribution in [0.5, 0.6) is 0 Å². The molecule has 2 fully saturated rings. The summed E-state index contributed by atoms with van der Waals surface area (Å²) in [5.74, 6) is -0.332. The fourth-order valence-electron chi connectivity index (χ4n) is 5.97. The summed E-state index contributed by atoms with van der Waals surface area (Å²) in [4.78, 5) is 18.6. The number of ether oxygens (including phenoxy) is 2. The summed E-state index contributed by atoms with van der Waals surface area (Å²) in [6, 6.07) is 0. The lowest BCUT2D eigenvalue weighted by atomic mass is 9.49. The van der Waals surface area contributed by atoms with Gasteiger partial charge in [0.25, 0.3) is 5.91 Å². The fourth-order valence-corrected chi connectivity index (χ4v) is 5.97. The Morgan fingerprint density at radius 2 is 1.93 bits per heavy atom. The highest BCUT2D eigenvalue weighted by molar-refractivity contribution is 5.98. The predicted molar refractivity (Wildman–Crippen MR) is 107 cm³/mol. The van der Waals surface area contributed by atoms with Gasteiger partial charge < -0.3 is 14.4 Å². The molecule has 154 valence electrons. The van der Waals surface area contributed by atoms with Gasteiger partial charge in [0.05, 0.1) is 25.2 Å². The number of carbonyl (C=O) groups excluding carboxylic acids is 1. The molecular formula is C21H32N4O3. The first-order valence-corrected chi connectivity index (χ1v) is 10.2. The monoisotopic (exact) mass is 388 g/mol. The summed E-state index contributed by atoms with van der Waals surface area (Å²) in [6.07, 6.45) is 5.18. The molecular weight excluding hydrogens is 356 g/mol. The average Bonchev–Trinajstić information content (AvgIpc) is 3.23. The van der Waals surface area contributed by atoms with E-state index in [0.717, 1.165) is 36.9 Å². The third kappa shape index (κ3) is 2.59. The number of fused-ring (bicyclic) bond motifs is 3. The molecule has 1 saturated heterocycles. The zero-order chi connectivity index (χ0) is 20.3. The summed E-state index contributed by atoms with van der Waals surface area (Å²) in [6.45, 7) is 8.21. The summed E-state index contributed by atoms with van der Waals surface area (Å²) in [5, 5.41) is 4.86. The zero-order valence-electron chi connectivity index (χ0n) is 17.9. The van der Waals surface area contributed by atoms with Crippen LogP contribution >= 0.6 is 0 Å². The lowest BCUT2D eigenvalue weighted by Crippen LogP contribution is -2.61. The molecule has 2 aliphatic carbocycles. The van der Waals surface area contributed by atoms with Crippen molar-refractivity contribution in [2.24, 2.45) is 23.4 Å². The highest BCUT2D eigenvalue weighted by Gasteiger charge is 2.64. The average molecular weight is 389 g/mol. The summed E-state index contributed by atoms with van der Waals surface area (Å²) in [7, 11) is 5.57. The molecule has 3 aliphatic rings. The van der Waals surface area contributed by atoms with Crippen LogP contribution in [0.3, 0.4) is 0 Å². The minimum absolute atomic E-state index is 0.0980. The second kappa shape index (κ2) is 6.39. The molecule has 1 saturated carbocycles. The second-order valence-corrected chi connectivity index (χ2v) is 9.49. The van der Waals surface area contributed by atoms with Gasteiger partial charge >= 0.3 is 0 Å². The Bertz CT molecular complexity index is 820. The van der Waals surface area contributed by atoms with Crippen LogP contribution in [-0.2, 0) is 28.4 Å². The number of rotatable bonds is 2. The Hall–Kier alpha value is -1.73. The highest BCUT2D eigenvalue weighted by Crippen LogP contribution is 2.62. The minimum Gasteiger partial charge on any atom is -0.369 e. The van der Waals surface area contributed by atoms with Crippen molar-refractivity contribution in [1.29, 1.82) is 0 Å². The molecule has 2 atom stereocenters. The molecule has 1 unspecified atom stereocenters. The number of aliphatic imine (C=N–C) groups is 1. The van der Waals surface area contributed by atoms with Crippen LogP contribution in [0.2, 0.25) is 0 Å². The molecule has 1 aromatic rings. The van der Waals surface area contributed by atoms with Crippen molar-refractivity contribution in [1.82, 2.24) is 14.7 Å². The van der Waals surface area contributed by atoms with Crippen molar-refractivity contribution < 1.29 is 14.3 Å². The molecule has 0 bridgehead atoms. The summed E-state index contributed by atoms with van der Waals surface area (Å²) in [5.41, 5.74) is 2.54. The van der Waals surface area contributed by atoms with E-state index in [0.29, 0.717) is 24.8 Å². The largest absolute Gasteiger partial charge is 0.369 e. The molecule has 28 heavy (non-hydrogen) atoms. The van der Waals surface area contributed by atoms with Crippen molar-refractivity contribution in [3.8, 4) is 0 Å². The summed E-state index contributed by atoms with van der Waals surface area (Å²) >= 11 is 0. The Morgan fingerprint density at radius 3 is 2.57 bits per heavy atom. The Labute approximate surface area is 167 Å². The van der Waals surface area contributed by atoms with Crippen molar-refractivity contribution in [2.45, 2.75) is 57.7 Å². The van der Waals surface area contributed by atoms with Crippen molar-refractivity contribution in [3.05, 3.63) is 17.0 Å². The van der Waals surface area contributed by atoms with Crippen molar-refractivity contribution in [2.75, 3.05) is 27.3 Å². The van der Waals surface area contributed by atoms with E-state index in [9.17, 15) is 4.79 Å². The van der Waals surface area contributed by atoms with E-state index in [4.69, 9.17) is 14.6 Å². The summed E-state index contributed by atoms with van der Waals surface area (Å²) < 4.78 is 14.1. The van der Waals surface area contributed by atoms with Gasteiger partial charge in [0.2, 0.25) is 0 Å². The normalized spacial score (nSPS) is 30.4. The quantitative estimate of drug-likeness (QED) is 0.575. The standard InChI is InChI=1S/C21H32N4O3/c1-19(2)15-8-7-14-16(18(26)22-13-24(4)5)25(6)23-17(14)20(15,3)9-10-21(19)27-11-12-28-21/h13,15H,7-12H2,1-6H3/b22-13+/t15-,20?/m0/s1. The van der Waals surface area contributed by atoms with Gasteiger partial charge in [-0.2, -0.15) is 10.1 Å². The molecule has 7 heteroatoms. The molecule has 1 aromatic heterocycles. The van der Waals surface area contributed by atoms with Gasteiger partial charge in [0.1, 0.15) is 5.69 Å². The van der Waals surface area contributed by atoms with E-state index in [2.05, 4.69) is 25.8 Å². The molecule has 7 nitrogen and oxygen atoms in total. The van der Waals surface area contributed by atoms with E-state index in [-0.39, 0.29) is 16.7 Å². The van der Waals surface area contributed by atoms with Gasteiger partial charge in [-0.25, -0.2) is 0 Å². The van der Waals surface area contributed by atoms with E-state index in [1.54, 1.807) is 15.9 Å². The molecule has 1 spiro atoms. The Balaban J connectivity index is 1.74. The first kappa shape index (κ1) is 19.6. The van der Waals surface area contributed by atoms with Crippen LogP contribution in [0.25, 0.3) is 0 Å². The van der Waals surface area contributed by atoms with Crippen LogP contribution in [0.15, 0.2) is 4.99 Å². The topological polar surface area (TPSA) is 69.0 Å². The zero-order valence-corrected chi connectivity index (χ0v) is 17.9. The number of hydrogen-bond donors (Lipinski definition) is 0. The predicted octanol–water partition coefficient (Wildman–Crippen LogP) is 2.53. The van der Waals surface area contributed by atoms with Gasteiger partial charge in [0.15, 0.2) is 5.79 Å². The SMILES string of the molecule is CN(C)/C=N/C(=O)c1c2c(nn1C)C1(C)CCC3(OCCO3)C(C)(C)[C@@H]1CC2. The third-order valence-corrected chi connectivity index (χ3v) is 7.33. The minimum atomic E-state index is -0.488. The van der Waals surface area contributed by atoms with E-state index in [1.807, 2.05) is 21.1 Å². The van der Waals surface area contributed by atoms with Gasteiger partial charge in [-0.05, 0) is 25.2 Å². The second-order valence-electron chi connectivity index (χ2n) is 9.49. The maximum atomic E-state index is 12.8. The van der Waals surface area contributed by atoms with Crippen LogP contribution in [-0.4, -0.2) is 60.0 Å². The number of aryl methyl sites for hydroxylation is 1.